The molecule has 2 rings (SSSR count). The molecule has 0 amide bonds. The zero-order valence-corrected chi connectivity index (χ0v) is 12.4. The second-order valence-electron chi connectivity index (χ2n) is 4.85. The van der Waals surface area contributed by atoms with Gasteiger partial charge in [-0.1, -0.05) is 6.07 Å². The number of hydrogen-bond donors (Lipinski definition) is 2. The number of aryl methyl sites for hydroxylation is 2. The number of pyridine rings is 1. The first-order chi connectivity index (χ1) is 10.0. The molecule has 0 aliphatic rings. The van der Waals surface area contributed by atoms with Gasteiger partial charge in [-0.3, -0.25) is 0 Å². The third-order valence-electron chi connectivity index (χ3n) is 3.21. The van der Waals surface area contributed by atoms with Crippen LogP contribution in [0.1, 0.15) is 22.4 Å². The molecule has 0 aliphatic heterocycles. The Morgan fingerprint density at radius 2 is 2.10 bits per heavy atom. The van der Waals surface area contributed by atoms with E-state index in [1.165, 1.54) is 0 Å². The number of nitrogens with one attached hydrogen (secondary N) is 1. The number of ether oxygens (including phenoxy) is 1. The second-order valence-corrected chi connectivity index (χ2v) is 4.85. The van der Waals surface area contributed by atoms with Gasteiger partial charge in [0.25, 0.3) is 0 Å². The van der Waals surface area contributed by atoms with Gasteiger partial charge in [-0.25, -0.2) is 4.98 Å². The standard InChI is InChI=1S/C16H18N4O/c1-10-6-11(2)20-16(13(10)8-17)19-9-12-4-5-15(21-3)14(18)7-12/h4-7H,9,18H2,1-3H3,(H,19,20). The highest BCUT2D eigenvalue weighted by Gasteiger charge is 2.08. The Morgan fingerprint density at radius 3 is 2.71 bits per heavy atom. The molecule has 0 spiro atoms. The van der Waals surface area contributed by atoms with Crippen molar-refractivity contribution in [2.45, 2.75) is 20.4 Å². The van der Waals surface area contributed by atoms with Gasteiger partial charge in [-0.15, -0.1) is 0 Å². The number of methoxy groups -OCH3 is 1. The predicted molar refractivity (Wildman–Crippen MR) is 83.2 cm³/mol. The van der Waals surface area contributed by atoms with Crippen LogP contribution < -0.4 is 15.8 Å². The van der Waals surface area contributed by atoms with E-state index in [0.29, 0.717) is 29.4 Å². The van der Waals surface area contributed by atoms with E-state index in [0.717, 1.165) is 16.8 Å². The van der Waals surface area contributed by atoms with Crippen LogP contribution in [0.25, 0.3) is 0 Å². The third-order valence-corrected chi connectivity index (χ3v) is 3.21. The normalized spacial score (nSPS) is 10.0. The molecule has 0 saturated heterocycles. The maximum absolute atomic E-state index is 9.23. The van der Waals surface area contributed by atoms with E-state index in [2.05, 4.69) is 16.4 Å². The van der Waals surface area contributed by atoms with Crippen LogP contribution in [0.3, 0.4) is 0 Å². The molecule has 5 nitrogen and oxygen atoms in total. The molecule has 1 heterocycles. The van der Waals surface area contributed by atoms with Gasteiger partial charge in [0.15, 0.2) is 0 Å². The average molecular weight is 282 g/mol. The summed E-state index contributed by atoms with van der Waals surface area (Å²) in [5.41, 5.74) is 9.84. The van der Waals surface area contributed by atoms with Crippen LogP contribution in [0.2, 0.25) is 0 Å². The molecule has 0 atom stereocenters. The number of benzene rings is 1. The van der Waals surface area contributed by atoms with Gasteiger partial charge in [0.2, 0.25) is 0 Å². The summed E-state index contributed by atoms with van der Waals surface area (Å²) >= 11 is 0. The Kier molecular flexibility index (Phi) is 4.29. The highest BCUT2D eigenvalue weighted by molar-refractivity contribution is 5.58. The van der Waals surface area contributed by atoms with Crippen LogP contribution in [-0.2, 0) is 6.54 Å². The molecule has 3 N–H and O–H groups in total. The fourth-order valence-corrected chi connectivity index (χ4v) is 2.19. The van der Waals surface area contributed by atoms with Crippen LogP contribution in [-0.4, -0.2) is 12.1 Å². The quantitative estimate of drug-likeness (QED) is 0.842. The van der Waals surface area contributed by atoms with E-state index >= 15 is 0 Å². The van der Waals surface area contributed by atoms with Crippen molar-refractivity contribution in [3.8, 4) is 11.8 Å². The first kappa shape index (κ1) is 14.7. The second kappa shape index (κ2) is 6.14. The summed E-state index contributed by atoms with van der Waals surface area (Å²) < 4.78 is 5.13. The van der Waals surface area contributed by atoms with Gasteiger partial charge in [0.05, 0.1) is 18.4 Å². The van der Waals surface area contributed by atoms with Crippen LogP contribution in [0.4, 0.5) is 11.5 Å². The summed E-state index contributed by atoms with van der Waals surface area (Å²) in [5.74, 6) is 1.25. The minimum Gasteiger partial charge on any atom is -0.495 e. The fraction of sp³-hybridized carbons (Fsp3) is 0.250. The SMILES string of the molecule is COc1ccc(CNc2nc(C)cc(C)c2C#N)cc1N. The summed E-state index contributed by atoms with van der Waals surface area (Å²) in [7, 11) is 1.59. The van der Waals surface area contributed by atoms with Crippen LogP contribution in [0.15, 0.2) is 24.3 Å². The average Bonchev–Trinajstić information content (AvgIpc) is 2.44. The van der Waals surface area contributed by atoms with Crippen molar-refractivity contribution in [1.29, 1.82) is 5.26 Å². The van der Waals surface area contributed by atoms with Gasteiger partial charge in [-0.05, 0) is 43.2 Å². The molecule has 5 heteroatoms. The molecule has 0 unspecified atom stereocenters. The molecule has 2 aromatic rings. The highest BCUT2D eigenvalue weighted by atomic mass is 16.5. The van der Waals surface area contributed by atoms with Crippen molar-refractivity contribution in [3.63, 3.8) is 0 Å². The Hall–Kier alpha value is -2.74. The maximum atomic E-state index is 9.23. The van der Waals surface area contributed by atoms with Gasteiger partial charge < -0.3 is 15.8 Å². The highest BCUT2D eigenvalue weighted by Crippen LogP contribution is 2.23. The minimum atomic E-state index is 0.540. The summed E-state index contributed by atoms with van der Waals surface area (Å²) in [6.45, 7) is 4.35. The van der Waals surface area contributed by atoms with E-state index < -0.39 is 0 Å². The lowest BCUT2D eigenvalue weighted by atomic mass is 10.1. The molecule has 108 valence electrons. The largest absolute Gasteiger partial charge is 0.495 e. The van der Waals surface area contributed by atoms with E-state index in [9.17, 15) is 5.26 Å². The number of nitrogens with two attached hydrogens (primary N) is 1. The van der Waals surface area contributed by atoms with Crippen molar-refractivity contribution in [2.24, 2.45) is 0 Å². The monoisotopic (exact) mass is 282 g/mol. The number of hydrogen-bond acceptors (Lipinski definition) is 5. The minimum absolute atomic E-state index is 0.540. The van der Waals surface area contributed by atoms with Crippen LogP contribution in [0.5, 0.6) is 5.75 Å². The van der Waals surface area contributed by atoms with E-state index in [1.54, 1.807) is 7.11 Å². The van der Waals surface area contributed by atoms with E-state index in [4.69, 9.17) is 10.5 Å². The topological polar surface area (TPSA) is 84.0 Å². The van der Waals surface area contributed by atoms with Gasteiger partial charge in [0, 0.05) is 12.2 Å². The van der Waals surface area contributed by atoms with Gasteiger partial charge >= 0.3 is 0 Å². The summed E-state index contributed by atoms with van der Waals surface area (Å²) in [6, 6.07) is 9.69. The number of anilines is 2. The number of aromatic nitrogens is 1. The number of nitriles is 1. The van der Waals surface area contributed by atoms with Gasteiger partial charge in [0.1, 0.15) is 17.6 Å². The van der Waals surface area contributed by atoms with Crippen molar-refractivity contribution >= 4 is 11.5 Å². The van der Waals surface area contributed by atoms with Crippen molar-refractivity contribution in [1.82, 2.24) is 4.98 Å². The zero-order valence-electron chi connectivity index (χ0n) is 12.4. The molecule has 21 heavy (non-hydrogen) atoms. The van der Waals surface area contributed by atoms with Crippen LogP contribution in [0, 0.1) is 25.2 Å². The van der Waals surface area contributed by atoms with Gasteiger partial charge in [-0.2, -0.15) is 5.26 Å². The molecular weight excluding hydrogens is 264 g/mol. The molecule has 0 fully saturated rings. The Labute approximate surface area is 124 Å². The van der Waals surface area contributed by atoms with Crippen molar-refractivity contribution < 1.29 is 4.74 Å². The molecule has 0 saturated carbocycles. The third kappa shape index (κ3) is 3.23. The smallest absolute Gasteiger partial charge is 0.144 e. The van der Waals surface area contributed by atoms with E-state index in [1.807, 2.05) is 38.1 Å². The predicted octanol–water partition coefficient (Wildman–Crippen LogP) is 2.77. The number of rotatable bonds is 4. The molecule has 1 aromatic heterocycles. The first-order valence-corrected chi connectivity index (χ1v) is 6.59. The van der Waals surface area contributed by atoms with Crippen molar-refractivity contribution in [3.05, 3.63) is 46.6 Å². The first-order valence-electron chi connectivity index (χ1n) is 6.59. The molecule has 0 bridgehead atoms. The van der Waals surface area contributed by atoms with Crippen LogP contribution >= 0.6 is 0 Å². The fourth-order valence-electron chi connectivity index (χ4n) is 2.19. The Bertz CT molecular complexity index is 704. The lowest BCUT2D eigenvalue weighted by Crippen LogP contribution is -2.06. The number of nitrogens with zero attached hydrogens (tertiary/aromatic N) is 2. The maximum Gasteiger partial charge on any atom is 0.144 e. The lowest BCUT2D eigenvalue weighted by Gasteiger charge is -2.11. The Balaban J connectivity index is 2.21. The lowest BCUT2D eigenvalue weighted by molar-refractivity contribution is 0.417. The van der Waals surface area contributed by atoms with E-state index in [-0.39, 0.29) is 0 Å². The number of nitrogen functional groups attached to an aromatic ring is 1. The summed E-state index contributed by atoms with van der Waals surface area (Å²) in [4.78, 5) is 4.39. The summed E-state index contributed by atoms with van der Waals surface area (Å²) in [5, 5.41) is 12.4. The zero-order chi connectivity index (χ0) is 15.4. The summed E-state index contributed by atoms with van der Waals surface area (Å²) in [6.07, 6.45) is 0. The molecule has 0 radical (unpaired) electrons. The molecule has 1 aromatic carbocycles. The molecular formula is C16H18N4O. The molecule has 0 aliphatic carbocycles. The van der Waals surface area contributed by atoms with Crippen molar-refractivity contribution in [2.75, 3.05) is 18.2 Å². The Morgan fingerprint density at radius 1 is 1.33 bits per heavy atom.